The first-order valence-corrected chi connectivity index (χ1v) is 8.97. The second-order valence-electron chi connectivity index (χ2n) is 6.41. The van der Waals surface area contributed by atoms with E-state index in [2.05, 4.69) is 27.3 Å². The van der Waals surface area contributed by atoms with Gasteiger partial charge >= 0.3 is 5.69 Å². The largest absolute Gasteiger partial charge is 0.478 e. The van der Waals surface area contributed by atoms with E-state index in [-0.39, 0.29) is 11.6 Å². The summed E-state index contributed by atoms with van der Waals surface area (Å²) in [5, 5.41) is 10.1. The summed E-state index contributed by atoms with van der Waals surface area (Å²) in [6.07, 6.45) is 7.72. The molecule has 0 spiro atoms. The monoisotopic (exact) mass is 405 g/mol. The first-order chi connectivity index (χ1) is 14.5. The van der Waals surface area contributed by atoms with E-state index in [1.165, 1.54) is 22.2 Å². The SMILES string of the molecule is C=CC(=O)Nc1cccc(-n2cc(Nc3cn(C)nc3OC)c3nccn3c2=O)c1. The lowest BCUT2D eigenvalue weighted by atomic mass is 10.2. The highest BCUT2D eigenvalue weighted by Crippen LogP contribution is 2.27. The molecule has 2 N–H and O–H groups in total. The third kappa shape index (κ3) is 3.41. The number of amides is 1. The Labute approximate surface area is 171 Å². The highest BCUT2D eigenvalue weighted by molar-refractivity contribution is 5.99. The van der Waals surface area contributed by atoms with Crippen LogP contribution in [-0.2, 0) is 11.8 Å². The number of imidazole rings is 1. The molecule has 30 heavy (non-hydrogen) atoms. The highest BCUT2D eigenvalue weighted by Gasteiger charge is 2.15. The van der Waals surface area contributed by atoms with Crippen LogP contribution in [0.3, 0.4) is 0 Å². The van der Waals surface area contributed by atoms with Gasteiger partial charge in [0.2, 0.25) is 5.91 Å². The molecule has 10 nitrogen and oxygen atoms in total. The van der Waals surface area contributed by atoms with Crippen LogP contribution in [0.5, 0.6) is 5.88 Å². The Morgan fingerprint density at radius 1 is 1.27 bits per heavy atom. The predicted molar refractivity (Wildman–Crippen MR) is 113 cm³/mol. The summed E-state index contributed by atoms with van der Waals surface area (Å²) in [7, 11) is 3.31. The molecule has 0 aliphatic carbocycles. The molecular weight excluding hydrogens is 386 g/mol. The number of fused-ring (bicyclic) bond motifs is 1. The van der Waals surface area contributed by atoms with Gasteiger partial charge in [-0.25, -0.2) is 14.2 Å². The fourth-order valence-electron chi connectivity index (χ4n) is 3.06. The number of nitrogens with zero attached hydrogens (tertiary/aromatic N) is 5. The number of hydrogen-bond acceptors (Lipinski definition) is 6. The van der Waals surface area contributed by atoms with Crippen LogP contribution in [0.2, 0.25) is 0 Å². The lowest BCUT2D eigenvalue weighted by Gasteiger charge is -2.13. The second kappa shape index (κ2) is 7.59. The molecule has 0 aliphatic heterocycles. The van der Waals surface area contributed by atoms with Crippen LogP contribution in [0.4, 0.5) is 17.1 Å². The number of carbonyl (C=O) groups is 1. The Kier molecular flexibility index (Phi) is 4.80. The van der Waals surface area contributed by atoms with Crippen molar-refractivity contribution < 1.29 is 9.53 Å². The van der Waals surface area contributed by atoms with E-state index in [0.29, 0.717) is 34.3 Å². The van der Waals surface area contributed by atoms with E-state index in [4.69, 9.17) is 4.74 Å². The van der Waals surface area contributed by atoms with Gasteiger partial charge in [-0.1, -0.05) is 12.6 Å². The summed E-state index contributed by atoms with van der Waals surface area (Å²) in [4.78, 5) is 28.9. The molecule has 1 aromatic carbocycles. The van der Waals surface area contributed by atoms with Gasteiger partial charge in [0, 0.05) is 31.3 Å². The van der Waals surface area contributed by atoms with Crippen molar-refractivity contribution in [1.82, 2.24) is 23.7 Å². The molecule has 4 rings (SSSR count). The van der Waals surface area contributed by atoms with Crippen molar-refractivity contribution in [2.75, 3.05) is 17.7 Å². The maximum atomic E-state index is 13.0. The molecule has 0 bridgehead atoms. The number of hydrogen-bond donors (Lipinski definition) is 2. The molecule has 0 saturated heterocycles. The molecular formula is C20H19N7O3. The van der Waals surface area contributed by atoms with Crippen LogP contribution in [0.15, 0.2) is 66.5 Å². The summed E-state index contributed by atoms with van der Waals surface area (Å²) in [5.41, 5.74) is 2.46. The van der Waals surface area contributed by atoms with Crippen molar-refractivity contribution in [1.29, 1.82) is 0 Å². The topological polar surface area (TPSA) is 107 Å². The average Bonchev–Trinajstić information content (AvgIpc) is 3.37. The molecule has 4 aromatic rings. The lowest BCUT2D eigenvalue weighted by molar-refractivity contribution is -0.111. The van der Waals surface area contributed by atoms with Crippen molar-refractivity contribution in [3.8, 4) is 11.6 Å². The van der Waals surface area contributed by atoms with Gasteiger partial charge in [0.05, 0.1) is 24.7 Å². The lowest BCUT2D eigenvalue weighted by Crippen LogP contribution is -2.25. The van der Waals surface area contributed by atoms with Gasteiger partial charge in [-0.2, -0.15) is 0 Å². The van der Waals surface area contributed by atoms with Gasteiger partial charge in [-0.15, -0.1) is 5.10 Å². The molecule has 3 aromatic heterocycles. The average molecular weight is 405 g/mol. The van der Waals surface area contributed by atoms with Crippen LogP contribution in [-0.4, -0.2) is 36.7 Å². The Balaban J connectivity index is 1.83. The van der Waals surface area contributed by atoms with Gasteiger partial charge in [-0.3, -0.25) is 14.0 Å². The number of aromatic nitrogens is 5. The van der Waals surface area contributed by atoms with Crippen LogP contribution < -0.4 is 21.1 Å². The predicted octanol–water partition coefficient (Wildman–Crippen LogP) is 2.10. The molecule has 152 valence electrons. The number of nitrogens with one attached hydrogen (secondary N) is 2. The number of benzene rings is 1. The third-order valence-electron chi connectivity index (χ3n) is 4.39. The van der Waals surface area contributed by atoms with Crippen molar-refractivity contribution in [3.05, 3.63) is 72.2 Å². The zero-order chi connectivity index (χ0) is 21.3. The van der Waals surface area contributed by atoms with Gasteiger partial charge in [-0.05, 0) is 24.3 Å². The fraction of sp³-hybridized carbons (Fsp3) is 0.100. The van der Waals surface area contributed by atoms with E-state index in [0.717, 1.165) is 0 Å². The van der Waals surface area contributed by atoms with E-state index in [1.807, 2.05) is 0 Å². The molecule has 0 radical (unpaired) electrons. The zero-order valence-corrected chi connectivity index (χ0v) is 16.4. The minimum atomic E-state index is -0.337. The number of anilines is 3. The molecule has 1 amide bonds. The Hall–Kier alpha value is -4.34. The summed E-state index contributed by atoms with van der Waals surface area (Å²) >= 11 is 0. The first kappa shape index (κ1) is 19.0. The van der Waals surface area contributed by atoms with Crippen LogP contribution in [0.25, 0.3) is 11.3 Å². The van der Waals surface area contributed by atoms with Crippen molar-refractivity contribution in [2.24, 2.45) is 7.05 Å². The molecule has 0 aliphatic rings. The Morgan fingerprint density at radius 2 is 2.10 bits per heavy atom. The van der Waals surface area contributed by atoms with Crippen LogP contribution >= 0.6 is 0 Å². The van der Waals surface area contributed by atoms with Gasteiger partial charge in [0.1, 0.15) is 5.69 Å². The standard InChI is InChI=1S/C20H19N7O3/c1-4-17(28)22-13-6-5-7-14(10-13)27-12-15(18-21-8-9-26(18)20(27)29)23-16-11-25(2)24-19(16)30-3/h4-12,23H,1H2,2-3H3,(H,22,28). The highest BCUT2D eigenvalue weighted by atomic mass is 16.5. The smallest absolute Gasteiger partial charge is 0.338 e. The molecule has 3 heterocycles. The van der Waals surface area contributed by atoms with Crippen LogP contribution in [0.1, 0.15) is 0 Å². The fourth-order valence-corrected chi connectivity index (χ4v) is 3.06. The first-order valence-electron chi connectivity index (χ1n) is 8.97. The third-order valence-corrected chi connectivity index (χ3v) is 4.39. The maximum absolute atomic E-state index is 13.0. The molecule has 0 saturated carbocycles. The molecule has 0 unspecified atom stereocenters. The summed E-state index contributed by atoms with van der Waals surface area (Å²) in [6.45, 7) is 3.44. The number of ether oxygens (including phenoxy) is 1. The van der Waals surface area contributed by atoms with Crippen molar-refractivity contribution >= 4 is 28.6 Å². The van der Waals surface area contributed by atoms with Gasteiger partial charge in [0.15, 0.2) is 5.65 Å². The summed E-state index contributed by atoms with van der Waals surface area (Å²) in [6, 6.07) is 6.93. The minimum Gasteiger partial charge on any atom is -0.478 e. The summed E-state index contributed by atoms with van der Waals surface area (Å²) < 4.78 is 9.80. The maximum Gasteiger partial charge on any atom is 0.338 e. The Bertz CT molecular complexity index is 1320. The number of rotatable bonds is 6. The van der Waals surface area contributed by atoms with E-state index >= 15 is 0 Å². The Morgan fingerprint density at radius 3 is 2.87 bits per heavy atom. The second-order valence-corrected chi connectivity index (χ2v) is 6.41. The summed E-state index contributed by atoms with van der Waals surface area (Å²) in [5.74, 6) is 0.0738. The van der Waals surface area contributed by atoms with E-state index in [9.17, 15) is 9.59 Å². The van der Waals surface area contributed by atoms with Crippen LogP contribution in [0, 0.1) is 0 Å². The normalized spacial score (nSPS) is 10.7. The number of carbonyl (C=O) groups excluding carboxylic acids is 1. The quantitative estimate of drug-likeness (QED) is 0.476. The van der Waals surface area contributed by atoms with E-state index in [1.54, 1.807) is 60.8 Å². The molecule has 10 heteroatoms. The van der Waals surface area contributed by atoms with E-state index < -0.39 is 0 Å². The molecule has 0 atom stereocenters. The van der Waals surface area contributed by atoms with Crippen molar-refractivity contribution in [3.63, 3.8) is 0 Å². The molecule has 0 fully saturated rings. The minimum absolute atomic E-state index is 0.307. The number of aryl methyl sites for hydroxylation is 1. The number of methoxy groups -OCH3 is 1. The van der Waals surface area contributed by atoms with Crippen molar-refractivity contribution in [2.45, 2.75) is 0 Å². The van der Waals surface area contributed by atoms with Gasteiger partial charge in [0.25, 0.3) is 5.88 Å². The zero-order valence-electron chi connectivity index (χ0n) is 16.4. The van der Waals surface area contributed by atoms with Gasteiger partial charge < -0.3 is 15.4 Å².